The minimum absolute atomic E-state index is 0.00677. The Balaban J connectivity index is 1.44. The number of carbonyl (C=O) groups is 4. The number of amides is 2. The van der Waals surface area contributed by atoms with Crippen molar-refractivity contribution in [3.63, 3.8) is 0 Å². The van der Waals surface area contributed by atoms with E-state index in [1.165, 1.54) is 7.11 Å². The van der Waals surface area contributed by atoms with E-state index in [1.54, 1.807) is 6.92 Å². The number of aliphatic carboxylic acids is 1. The minimum Gasteiger partial charge on any atom is -0.480 e. The van der Waals surface area contributed by atoms with E-state index in [0.717, 1.165) is 22.3 Å². The summed E-state index contributed by atoms with van der Waals surface area (Å²) in [6.45, 7) is 1.92. The van der Waals surface area contributed by atoms with Crippen LogP contribution in [0.15, 0.2) is 48.5 Å². The van der Waals surface area contributed by atoms with Crippen LogP contribution in [0.1, 0.15) is 49.7 Å². The number of carboxylic acids is 1. The summed E-state index contributed by atoms with van der Waals surface area (Å²) in [7, 11) is 1.21. The van der Waals surface area contributed by atoms with Crippen LogP contribution in [0, 0.1) is 0 Å². The topological polar surface area (TPSA) is 131 Å². The normalized spacial score (nSPS) is 13.7. The zero-order chi connectivity index (χ0) is 25.4. The van der Waals surface area contributed by atoms with Gasteiger partial charge in [0, 0.05) is 24.8 Å². The third kappa shape index (κ3) is 6.81. The Labute approximate surface area is 203 Å². The molecule has 0 heterocycles. The Morgan fingerprint density at radius 3 is 2.09 bits per heavy atom. The van der Waals surface area contributed by atoms with Gasteiger partial charge in [-0.15, -0.1) is 0 Å². The second-order valence-electron chi connectivity index (χ2n) is 8.48. The lowest BCUT2D eigenvalue weighted by Gasteiger charge is -2.18. The number of carbonyl (C=O) groups excluding carboxylic acids is 3. The first-order valence-corrected chi connectivity index (χ1v) is 11.5. The molecule has 3 rings (SSSR count). The first kappa shape index (κ1) is 25.7. The lowest BCUT2D eigenvalue weighted by molar-refractivity contribution is -0.144. The summed E-state index contributed by atoms with van der Waals surface area (Å²) in [4.78, 5) is 47.1. The number of alkyl carbamates (subject to hydrolysis) is 1. The number of benzene rings is 2. The highest BCUT2D eigenvalue weighted by atomic mass is 16.5. The summed E-state index contributed by atoms with van der Waals surface area (Å²) in [5, 5.41) is 14.3. The van der Waals surface area contributed by atoms with E-state index in [1.807, 2.05) is 36.4 Å². The zero-order valence-electron chi connectivity index (χ0n) is 19.8. The number of ether oxygens (including phenoxy) is 2. The highest BCUT2D eigenvalue weighted by Gasteiger charge is 2.29. The number of fused-ring (bicyclic) bond motifs is 3. The average molecular weight is 483 g/mol. The van der Waals surface area contributed by atoms with Gasteiger partial charge in [0.25, 0.3) is 0 Å². The van der Waals surface area contributed by atoms with Gasteiger partial charge in [-0.05, 0) is 42.0 Å². The van der Waals surface area contributed by atoms with Crippen LogP contribution in [0.3, 0.4) is 0 Å². The summed E-state index contributed by atoms with van der Waals surface area (Å²) in [5.41, 5.74) is 4.52. The molecule has 0 radical (unpaired) electrons. The molecular weight excluding hydrogens is 452 g/mol. The van der Waals surface area contributed by atoms with Gasteiger partial charge in [-0.2, -0.15) is 0 Å². The Morgan fingerprint density at radius 1 is 0.914 bits per heavy atom. The molecule has 1 aliphatic carbocycles. The highest BCUT2D eigenvalue weighted by Crippen LogP contribution is 2.44. The van der Waals surface area contributed by atoms with Gasteiger partial charge in [-0.25, -0.2) is 9.59 Å². The van der Waals surface area contributed by atoms with E-state index in [2.05, 4.69) is 27.5 Å². The Morgan fingerprint density at radius 2 is 1.51 bits per heavy atom. The van der Waals surface area contributed by atoms with Crippen LogP contribution in [0.4, 0.5) is 4.79 Å². The molecule has 0 bridgehead atoms. The van der Waals surface area contributed by atoms with Crippen molar-refractivity contribution in [1.82, 2.24) is 10.6 Å². The first-order valence-electron chi connectivity index (χ1n) is 11.5. The largest absolute Gasteiger partial charge is 0.480 e. The maximum absolute atomic E-state index is 12.4. The van der Waals surface area contributed by atoms with E-state index in [4.69, 9.17) is 4.74 Å². The molecule has 0 saturated carbocycles. The molecule has 2 aromatic rings. The van der Waals surface area contributed by atoms with Crippen molar-refractivity contribution in [2.24, 2.45) is 0 Å². The smallest absolute Gasteiger partial charge is 0.407 e. The molecule has 3 N–H and O–H groups in total. The van der Waals surface area contributed by atoms with E-state index in [-0.39, 0.29) is 37.8 Å². The molecule has 9 nitrogen and oxygen atoms in total. The molecule has 0 aliphatic heterocycles. The standard InChI is InChI=1S/C26H30N2O7/c1-16(11-13-23(29)28-22(25(31)32)12-14-24(30)34-2)27-26(33)35-15-21-19-9-5-3-7-17(19)18-8-4-6-10-20(18)21/h3-10,16,21-22H,11-15H2,1-2H3,(H,27,33)(H,28,29)(H,31,32)/t16?,22-/m1/s1. The molecule has 0 aromatic heterocycles. The van der Waals surface area contributed by atoms with Gasteiger partial charge < -0.3 is 25.2 Å². The summed E-state index contributed by atoms with van der Waals surface area (Å²) in [6.07, 6.45) is -0.470. The predicted molar refractivity (Wildman–Crippen MR) is 128 cm³/mol. The van der Waals surface area contributed by atoms with Crippen molar-refractivity contribution >= 4 is 23.9 Å². The van der Waals surface area contributed by atoms with Crippen LogP contribution in [0.25, 0.3) is 11.1 Å². The number of hydrogen-bond donors (Lipinski definition) is 3. The summed E-state index contributed by atoms with van der Waals surface area (Å²) in [6, 6.07) is 14.6. The molecule has 1 aliphatic rings. The predicted octanol–water partition coefficient (Wildman–Crippen LogP) is 3.22. The van der Waals surface area contributed by atoms with E-state index in [0.29, 0.717) is 6.42 Å². The van der Waals surface area contributed by atoms with Crippen molar-refractivity contribution in [3.8, 4) is 11.1 Å². The van der Waals surface area contributed by atoms with Gasteiger partial charge in [0.1, 0.15) is 12.6 Å². The zero-order valence-corrected chi connectivity index (χ0v) is 19.8. The Hall–Kier alpha value is -3.88. The van der Waals surface area contributed by atoms with E-state index >= 15 is 0 Å². The van der Waals surface area contributed by atoms with Gasteiger partial charge >= 0.3 is 18.0 Å². The first-order chi connectivity index (χ1) is 16.8. The van der Waals surface area contributed by atoms with Crippen LogP contribution in [-0.2, 0) is 23.9 Å². The lowest BCUT2D eigenvalue weighted by Crippen LogP contribution is -2.42. The molecule has 1 unspecified atom stereocenters. The number of methoxy groups -OCH3 is 1. The molecule has 2 amide bonds. The molecule has 186 valence electrons. The summed E-state index contributed by atoms with van der Waals surface area (Å²) < 4.78 is 10.00. The van der Waals surface area contributed by atoms with Gasteiger partial charge in [0.2, 0.25) is 5.91 Å². The number of carboxylic acid groups (broad SMARTS) is 1. The Bertz CT molecular complexity index is 1040. The second-order valence-corrected chi connectivity index (χ2v) is 8.48. The van der Waals surface area contributed by atoms with Crippen molar-refractivity contribution in [3.05, 3.63) is 59.7 Å². The van der Waals surface area contributed by atoms with Crippen molar-refractivity contribution in [1.29, 1.82) is 0 Å². The van der Waals surface area contributed by atoms with Crippen molar-refractivity contribution in [2.45, 2.75) is 50.6 Å². The molecule has 35 heavy (non-hydrogen) atoms. The number of nitrogens with one attached hydrogen (secondary N) is 2. The minimum atomic E-state index is -1.23. The molecule has 9 heteroatoms. The molecule has 0 spiro atoms. The van der Waals surface area contributed by atoms with E-state index < -0.39 is 30.0 Å². The third-order valence-electron chi connectivity index (χ3n) is 6.01. The highest BCUT2D eigenvalue weighted by molar-refractivity contribution is 5.84. The van der Waals surface area contributed by atoms with Crippen LogP contribution >= 0.6 is 0 Å². The molecule has 0 saturated heterocycles. The fourth-order valence-electron chi connectivity index (χ4n) is 4.15. The van der Waals surface area contributed by atoms with Crippen LogP contribution < -0.4 is 10.6 Å². The summed E-state index contributed by atoms with van der Waals surface area (Å²) in [5.74, 6) is -2.31. The van der Waals surface area contributed by atoms with Crippen LogP contribution in [0.2, 0.25) is 0 Å². The lowest BCUT2D eigenvalue weighted by atomic mass is 9.98. The van der Waals surface area contributed by atoms with Crippen molar-refractivity contribution < 1.29 is 33.8 Å². The van der Waals surface area contributed by atoms with Gasteiger partial charge in [-0.3, -0.25) is 9.59 Å². The fraction of sp³-hybridized carbons (Fsp3) is 0.385. The van der Waals surface area contributed by atoms with E-state index in [9.17, 15) is 24.3 Å². The molecular formula is C26H30N2O7. The van der Waals surface area contributed by atoms with Gasteiger partial charge in [0.15, 0.2) is 0 Å². The quantitative estimate of drug-likeness (QED) is 0.419. The van der Waals surface area contributed by atoms with Gasteiger partial charge in [-0.1, -0.05) is 48.5 Å². The van der Waals surface area contributed by atoms with Crippen LogP contribution in [0.5, 0.6) is 0 Å². The average Bonchev–Trinajstić information content (AvgIpc) is 3.17. The molecule has 0 fully saturated rings. The Kier molecular flexibility index (Phi) is 8.83. The monoisotopic (exact) mass is 482 g/mol. The molecule has 2 atom stereocenters. The molecule has 2 aromatic carbocycles. The van der Waals surface area contributed by atoms with Gasteiger partial charge in [0.05, 0.1) is 7.11 Å². The third-order valence-corrected chi connectivity index (χ3v) is 6.01. The fourth-order valence-corrected chi connectivity index (χ4v) is 4.15. The maximum Gasteiger partial charge on any atom is 0.407 e. The van der Waals surface area contributed by atoms with Crippen LogP contribution in [-0.4, -0.2) is 54.8 Å². The number of hydrogen-bond acceptors (Lipinski definition) is 6. The summed E-state index contributed by atoms with van der Waals surface area (Å²) >= 11 is 0. The second kappa shape index (κ2) is 12.0. The number of esters is 1. The maximum atomic E-state index is 12.4. The van der Waals surface area contributed by atoms with Crippen molar-refractivity contribution in [2.75, 3.05) is 13.7 Å². The number of rotatable bonds is 11. The SMILES string of the molecule is COC(=O)CC[C@@H](NC(=O)CCC(C)NC(=O)OCC1c2ccccc2-c2ccccc21)C(=O)O.